The quantitative estimate of drug-likeness (QED) is 0.574. The van der Waals surface area contributed by atoms with Gasteiger partial charge in [0.25, 0.3) is 0 Å². The second-order valence-electron chi connectivity index (χ2n) is 4.55. The molecule has 0 spiro atoms. The number of aromatic amines is 1. The highest BCUT2D eigenvalue weighted by Gasteiger charge is 2.12. The van der Waals surface area contributed by atoms with E-state index in [1.807, 2.05) is 26.0 Å². The average Bonchev–Trinajstić information content (AvgIpc) is 2.79. The van der Waals surface area contributed by atoms with E-state index in [2.05, 4.69) is 19.9 Å². The molecule has 0 amide bonds. The summed E-state index contributed by atoms with van der Waals surface area (Å²) in [5.41, 5.74) is 16.8. The lowest BCUT2D eigenvalue weighted by atomic mass is 10.0. The first-order valence-corrected chi connectivity index (χ1v) is 5.89. The topological polar surface area (TPSA) is 106 Å². The lowest BCUT2D eigenvalue weighted by molar-refractivity contribution is 1.21. The van der Waals surface area contributed by atoms with Crippen LogP contribution in [0, 0.1) is 13.8 Å². The fraction of sp³-hybridized carbons (Fsp3) is 0.154. The molecule has 3 aromatic rings. The number of imidazole rings is 1. The molecule has 0 bridgehead atoms. The minimum atomic E-state index is 0.391. The number of hydrogen-bond acceptors (Lipinski definition) is 5. The zero-order chi connectivity index (χ0) is 13.6. The van der Waals surface area contributed by atoms with Gasteiger partial charge in [0.15, 0.2) is 11.5 Å². The van der Waals surface area contributed by atoms with Crippen molar-refractivity contribution in [2.45, 2.75) is 13.8 Å². The lowest BCUT2D eigenvalue weighted by Crippen LogP contribution is -1.94. The minimum Gasteiger partial charge on any atom is -0.399 e. The Morgan fingerprint density at radius 1 is 1.11 bits per heavy atom. The summed E-state index contributed by atoms with van der Waals surface area (Å²) >= 11 is 0. The van der Waals surface area contributed by atoms with Crippen molar-refractivity contribution in [3.05, 3.63) is 29.6 Å². The van der Waals surface area contributed by atoms with Gasteiger partial charge < -0.3 is 16.5 Å². The fourth-order valence-corrected chi connectivity index (χ4v) is 2.11. The molecule has 0 atom stereocenters. The van der Waals surface area contributed by atoms with Crippen molar-refractivity contribution >= 4 is 22.7 Å². The highest BCUT2D eigenvalue weighted by Crippen LogP contribution is 2.28. The summed E-state index contributed by atoms with van der Waals surface area (Å²) in [5.74, 6) is 1.09. The lowest BCUT2D eigenvalue weighted by Gasteiger charge is -2.07. The number of fused-ring (bicyclic) bond motifs is 1. The van der Waals surface area contributed by atoms with Gasteiger partial charge in [0, 0.05) is 11.3 Å². The van der Waals surface area contributed by atoms with Gasteiger partial charge >= 0.3 is 0 Å². The number of nitrogens with one attached hydrogen (secondary N) is 1. The highest BCUT2D eigenvalue weighted by molar-refractivity contribution is 5.85. The van der Waals surface area contributed by atoms with Gasteiger partial charge in [0.1, 0.15) is 17.7 Å². The molecule has 0 aliphatic carbocycles. The molecule has 0 aliphatic rings. The maximum absolute atomic E-state index is 5.90. The summed E-state index contributed by atoms with van der Waals surface area (Å²) in [6, 6.07) is 3.83. The molecule has 5 N–H and O–H groups in total. The number of aryl methyl sites for hydroxylation is 1. The van der Waals surface area contributed by atoms with Crippen LogP contribution in [0.1, 0.15) is 11.1 Å². The van der Waals surface area contributed by atoms with Gasteiger partial charge in [-0.15, -0.1) is 0 Å². The predicted octanol–water partition coefficient (Wildman–Crippen LogP) is 1.80. The Balaban J connectivity index is 2.28. The molecular formula is C13H14N6. The van der Waals surface area contributed by atoms with Gasteiger partial charge in [-0.3, -0.25) is 0 Å². The molecule has 2 aromatic heterocycles. The number of nitrogens with two attached hydrogens (primary N) is 2. The number of benzene rings is 1. The van der Waals surface area contributed by atoms with E-state index < -0.39 is 0 Å². The Kier molecular flexibility index (Phi) is 2.38. The van der Waals surface area contributed by atoms with Crippen molar-refractivity contribution in [2.24, 2.45) is 0 Å². The number of nitrogens with zero attached hydrogens (tertiary/aromatic N) is 3. The Labute approximate surface area is 109 Å². The highest BCUT2D eigenvalue weighted by atomic mass is 15.0. The molecule has 0 unspecified atom stereocenters. The standard InChI is InChI=1S/C13H14N6/c1-6-3-8(14)4-9(7(6)2)12-18-10-11(15)16-5-17-13(10)19-12/h3-5H,14H2,1-2H3,(H3,15,16,17,18,19). The third-order valence-electron chi connectivity index (χ3n) is 3.26. The number of rotatable bonds is 1. The normalized spacial score (nSPS) is 11.1. The molecule has 0 fully saturated rings. The van der Waals surface area contributed by atoms with Gasteiger partial charge in [0.05, 0.1) is 0 Å². The number of aromatic nitrogens is 4. The molecule has 96 valence electrons. The van der Waals surface area contributed by atoms with Crippen molar-refractivity contribution in [1.82, 2.24) is 19.9 Å². The SMILES string of the molecule is Cc1cc(N)cc(-c2nc3ncnc(N)c3[nH]2)c1C. The predicted molar refractivity (Wildman–Crippen MR) is 75.4 cm³/mol. The zero-order valence-electron chi connectivity index (χ0n) is 10.7. The van der Waals surface area contributed by atoms with Crippen molar-refractivity contribution < 1.29 is 0 Å². The van der Waals surface area contributed by atoms with Crippen molar-refractivity contribution in [2.75, 3.05) is 11.5 Å². The van der Waals surface area contributed by atoms with Gasteiger partial charge in [-0.1, -0.05) is 0 Å². The number of H-pyrrole nitrogens is 1. The molecule has 0 saturated heterocycles. The molecule has 1 aromatic carbocycles. The van der Waals surface area contributed by atoms with Crippen LogP contribution in [0.15, 0.2) is 18.5 Å². The second-order valence-corrected chi connectivity index (χ2v) is 4.55. The Morgan fingerprint density at radius 3 is 2.63 bits per heavy atom. The molecule has 6 heteroatoms. The minimum absolute atomic E-state index is 0.391. The maximum Gasteiger partial charge on any atom is 0.183 e. The molecule has 0 radical (unpaired) electrons. The van der Waals surface area contributed by atoms with Crippen LogP contribution >= 0.6 is 0 Å². The van der Waals surface area contributed by atoms with E-state index in [0.717, 1.165) is 16.7 Å². The Bertz CT molecular complexity index is 774. The summed E-state index contributed by atoms with van der Waals surface area (Å²) in [6.07, 6.45) is 1.40. The Hall–Kier alpha value is -2.63. The summed E-state index contributed by atoms with van der Waals surface area (Å²) in [6.45, 7) is 4.05. The largest absolute Gasteiger partial charge is 0.399 e. The van der Waals surface area contributed by atoms with E-state index in [0.29, 0.717) is 28.5 Å². The molecule has 3 rings (SSSR count). The van der Waals surface area contributed by atoms with Crippen molar-refractivity contribution in [3.8, 4) is 11.4 Å². The number of hydrogen-bond donors (Lipinski definition) is 3. The zero-order valence-corrected chi connectivity index (χ0v) is 10.7. The van der Waals surface area contributed by atoms with E-state index in [9.17, 15) is 0 Å². The first kappa shape index (κ1) is 11.5. The molecule has 6 nitrogen and oxygen atoms in total. The van der Waals surface area contributed by atoms with Gasteiger partial charge in [0.2, 0.25) is 0 Å². The summed E-state index contributed by atoms with van der Waals surface area (Å²) in [5, 5.41) is 0. The third kappa shape index (κ3) is 1.77. The average molecular weight is 254 g/mol. The second kappa shape index (κ2) is 3.94. The first-order valence-electron chi connectivity index (χ1n) is 5.89. The van der Waals surface area contributed by atoms with E-state index in [-0.39, 0.29) is 0 Å². The van der Waals surface area contributed by atoms with Crippen LogP contribution in [-0.4, -0.2) is 19.9 Å². The molecular weight excluding hydrogens is 240 g/mol. The molecule has 0 saturated carbocycles. The first-order chi connectivity index (χ1) is 9.06. The Morgan fingerprint density at radius 2 is 1.89 bits per heavy atom. The number of nitrogen functional groups attached to an aromatic ring is 2. The van der Waals surface area contributed by atoms with Crippen LogP contribution < -0.4 is 11.5 Å². The van der Waals surface area contributed by atoms with Gasteiger partial charge in [-0.05, 0) is 37.1 Å². The summed E-state index contributed by atoms with van der Waals surface area (Å²) in [7, 11) is 0. The molecule has 2 heterocycles. The van der Waals surface area contributed by atoms with E-state index in [1.165, 1.54) is 6.33 Å². The van der Waals surface area contributed by atoms with E-state index >= 15 is 0 Å². The van der Waals surface area contributed by atoms with Crippen LogP contribution in [0.5, 0.6) is 0 Å². The van der Waals surface area contributed by atoms with Crippen LogP contribution in [-0.2, 0) is 0 Å². The smallest absolute Gasteiger partial charge is 0.183 e. The van der Waals surface area contributed by atoms with Crippen LogP contribution in [0.4, 0.5) is 11.5 Å². The summed E-state index contributed by atoms with van der Waals surface area (Å²) in [4.78, 5) is 15.6. The molecule has 19 heavy (non-hydrogen) atoms. The van der Waals surface area contributed by atoms with Crippen LogP contribution in [0.3, 0.4) is 0 Å². The summed E-state index contributed by atoms with van der Waals surface area (Å²) < 4.78 is 0. The number of anilines is 2. The molecule has 0 aliphatic heterocycles. The van der Waals surface area contributed by atoms with Crippen molar-refractivity contribution in [3.63, 3.8) is 0 Å². The fourth-order valence-electron chi connectivity index (χ4n) is 2.11. The van der Waals surface area contributed by atoms with E-state index in [4.69, 9.17) is 11.5 Å². The maximum atomic E-state index is 5.90. The third-order valence-corrected chi connectivity index (χ3v) is 3.26. The van der Waals surface area contributed by atoms with E-state index in [1.54, 1.807) is 0 Å². The van der Waals surface area contributed by atoms with Gasteiger partial charge in [-0.2, -0.15) is 0 Å². The van der Waals surface area contributed by atoms with Gasteiger partial charge in [-0.25, -0.2) is 15.0 Å². The van der Waals surface area contributed by atoms with Crippen LogP contribution in [0.2, 0.25) is 0 Å². The van der Waals surface area contributed by atoms with Crippen LogP contribution in [0.25, 0.3) is 22.6 Å². The van der Waals surface area contributed by atoms with Crippen molar-refractivity contribution in [1.29, 1.82) is 0 Å². The monoisotopic (exact) mass is 254 g/mol.